The van der Waals surface area contributed by atoms with Crippen LogP contribution in [0.1, 0.15) is 43.2 Å². The number of hydrazine groups is 1. The van der Waals surface area contributed by atoms with Gasteiger partial charge in [0.25, 0.3) is 5.24 Å². The van der Waals surface area contributed by atoms with Crippen molar-refractivity contribution in [3.63, 3.8) is 0 Å². The third-order valence-corrected chi connectivity index (χ3v) is 8.59. The molecule has 9 heteroatoms. The summed E-state index contributed by atoms with van der Waals surface area (Å²) in [7, 11) is 0. The summed E-state index contributed by atoms with van der Waals surface area (Å²) in [5.74, 6) is 6.23. The number of carbonyl (C=O) groups is 2. The molecule has 0 aliphatic carbocycles. The number of rotatable bonds is 9. The van der Waals surface area contributed by atoms with Crippen molar-refractivity contribution in [2.24, 2.45) is 0 Å². The molecule has 1 aromatic carbocycles. The summed E-state index contributed by atoms with van der Waals surface area (Å²) >= 11 is 4.17. The topological polar surface area (TPSA) is 81.1 Å². The molecule has 2 N–H and O–H groups in total. The fraction of sp³-hybridized carbons (Fsp3) is 0.333. The molecule has 3 aromatic rings. The monoisotopic (exact) mass is 540 g/mol. The second-order valence-corrected chi connectivity index (χ2v) is 11.6. The molecule has 188 valence electrons. The summed E-state index contributed by atoms with van der Waals surface area (Å²) in [6.07, 6.45) is 1.13. The molecule has 1 saturated heterocycles. The molecule has 1 fully saturated rings. The summed E-state index contributed by atoms with van der Waals surface area (Å²) in [4.78, 5) is 24.9. The third kappa shape index (κ3) is 7.21. The number of carbonyl (C=O) groups excluding carboxylic acids is 1. The van der Waals surface area contributed by atoms with Gasteiger partial charge in [0, 0.05) is 53.2 Å². The van der Waals surface area contributed by atoms with Crippen LogP contribution in [0.2, 0.25) is 0 Å². The minimum absolute atomic E-state index is 0.00173. The first-order chi connectivity index (χ1) is 17.4. The number of thiophene rings is 2. The molecule has 1 amide bonds. The number of carboxylic acid groups (broad SMARTS) is 1. The largest absolute Gasteiger partial charge is 0.477 e. The van der Waals surface area contributed by atoms with E-state index in [4.69, 9.17) is 5.11 Å². The summed E-state index contributed by atoms with van der Waals surface area (Å²) in [6, 6.07) is 11.5. The molecule has 4 rings (SSSR count). The highest BCUT2D eigenvalue weighted by molar-refractivity contribution is 8.13. The van der Waals surface area contributed by atoms with Crippen molar-refractivity contribution in [1.29, 1.82) is 0 Å². The van der Waals surface area contributed by atoms with Crippen molar-refractivity contribution in [2.75, 3.05) is 25.4 Å². The van der Waals surface area contributed by atoms with Crippen LogP contribution in [-0.4, -0.2) is 62.9 Å². The Morgan fingerprint density at radius 3 is 2.78 bits per heavy atom. The minimum atomic E-state index is -0.929. The van der Waals surface area contributed by atoms with E-state index in [2.05, 4.69) is 17.9 Å². The quantitative estimate of drug-likeness (QED) is 0.366. The van der Waals surface area contributed by atoms with Crippen molar-refractivity contribution >= 4 is 45.6 Å². The summed E-state index contributed by atoms with van der Waals surface area (Å²) in [6.45, 7) is 3.85. The number of aryl methyl sites for hydroxylation is 1. The van der Waals surface area contributed by atoms with Gasteiger partial charge in [-0.15, -0.1) is 11.3 Å². The van der Waals surface area contributed by atoms with Crippen LogP contribution in [0.5, 0.6) is 0 Å². The van der Waals surface area contributed by atoms with Gasteiger partial charge in [0.1, 0.15) is 4.88 Å². The molecule has 0 radical (unpaired) electrons. The molecule has 0 spiro atoms. The zero-order valence-electron chi connectivity index (χ0n) is 20.0. The van der Waals surface area contributed by atoms with E-state index in [0.29, 0.717) is 37.2 Å². The molecule has 36 heavy (non-hydrogen) atoms. The average Bonchev–Trinajstić information content (AvgIpc) is 3.55. The van der Waals surface area contributed by atoms with Crippen LogP contribution in [0.15, 0.2) is 47.2 Å². The Labute approximate surface area is 223 Å². The summed E-state index contributed by atoms with van der Waals surface area (Å²) in [5.41, 5.74) is 4.12. The molecule has 1 aliphatic heterocycles. The van der Waals surface area contributed by atoms with Gasteiger partial charge in [-0.2, -0.15) is 11.3 Å². The van der Waals surface area contributed by atoms with Gasteiger partial charge in [-0.25, -0.2) is 9.80 Å². The van der Waals surface area contributed by atoms with Gasteiger partial charge < -0.3 is 10.2 Å². The highest BCUT2D eigenvalue weighted by atomic mass is 32.2. The molecular weight excluding hydrogens is 513 g/mol. The second kappa shape index (κ2) is 12.6. The Kier molecular flexibility index (Phi) is 9.24. The fourth-order valence-electron chi connectivity index (χ4n) is 3.94. The fourth-order valence-corrected chi connectivity index (χ4v) is 6.19. The SMILES string of the molecule is Cc1ccc(C[C@H](O)CCN2CCSC(=O)N2CCc2ccc(C(=O)O)s2)cc1C#Cc1ccsc1. The Morgan fingerprint density at radius 1 is 1.17 bits per heavy atom. The number of aliphatic hydroxyl groups excluding tert-OH is 1. The van der Waals surface area contributed by atoms with E-state index in [1.54, 1.807) is 22.4 Å². The lowest BCUT2D eigenvalue weighted by Gasteiger charge is -2.38. The van der Waals surface area contributed by atoms with Crippen LogP contribution in [0, 0.1) is 18.8 Å². The van der Waals surface area contributed by atoms with E-state index in [1.165, 1.54) is 23.1 Å². The Bertz CT molecular complexity index is 1260. The molecule has 2 aromatic heterocycles. The van der Waals surface area contributed by atoms with Crippen LogP contribution < -0.4 is 0 Å². The van der Waals surface area contributed by atoms with Crippen molar-refractivity contribution in [1.82, 2.24) is 10.0 Å². The van der Waals surface area contributed by atoms with E-state index in [-0.39, 0.29) is 5.24 Å². The normalized spacial score (nSPS) is 14.9. The summed E-state index contributed by atoms with van der Waals surface area (Å²) in [5, 5.41) is 27.7. The molecule has 3 heterocycles. The highest BCUT2D eigenvalue weighted by Crippen LogP contribution is 2.22. The lowest BCUT2D eigenvalue weighted by molar-refractivity contribution is 0.0148. The van der Waals surface area contributed by atoms with Gasteiger partial charge in [-0.05, 0) is 60.5 Å². The van der Waals surface area contributed by atoms with Crippen LogP contribution in [0.4, 0.5) is 4.79 Å². The van der Waals surface area contributed by atoms with Gasteiger partial charge in [0.05, 0.1) is 6.10 Å². The second-order valence-electron chi connectivity index (χ2n) is 8.57. The van der Waals surface area contributed by atoms with Crippen LogP contribution in [0.25, 0.3) is 0 Å². The predicted octanol–water partition coefficient (Wildman–Crippen LogP) is 5.14. The van der Waals surface area contributed by atoms with E-state index >= 15 is 0 Å². The number of aromatic carboxylic acids is 1. The zero-order chi connectivity index (χ0) is 25.5. The number of hydrogen-bond acceptors (Lipinski definition) is 7. The third-order valence-electron chi connectivity index (χ3n) is 5.93. The zero-order valence-corrected chi connectivity index (χ0v) is 22.4. The van der Waals surface area contributed by atoms with Gasteiger partial charge in [0.2, 0.25) is 0 Å². The Balaban J connectivity index is 1.32. The highest BCUT2D eigenvalue weighted by Gasteiger charge is 2.27. The molecule has 0 unspecified atom stereocenters. The smallest absolute Gasteiger partial charge is 0.345 e. The number of aliphatic hydroxyl groups is 1. The van der Waals surface area contributed by atoms with Gasteiger partial charge in [-0.3, -0.25) is 9.80 Å². The van der Waals surface area contributed by atoms with Crippen LogP contribution in [0.3, 0.4) is 0 Å². The van der Waals surface area contributed by atoms with E-state index in [0.717, 1.165) is 39.4 Å². The average molecular weight is 541 g/mol. The standard InChI is InChI=1S/C27H28N2O4S3/c1-19-2-3-21(16-22(19)5-4-20-10-14-34-18-20)17-23(30)8-11-28-13-15-35-27(33)29(28)12-9-24-6-7-25(36-24)26(31)32/h2-3,6-7,10,14,16,18,23,30H,8-9,11-13,15,17H2,1H3,(H,31,32)/t23-/m1/s1. The maximum absolute atomic E-state index is 12.6. The lowest BCUT2D eigenvalue weighted by Crippen LogP contribution is -2.51. The molecule has 1 aliphatic rings. The maximum Gasteiger partial charge on any atom is 0.345 e. The van der Waals surface area contributed by atoms with Crippen molar-refractivity contribution in [3.8, 4) is 11.8 Å². The predicted molar refractivity (Wildman–Crippen MR) is 147 cm³/mol. The molecule has 0 bridgehead atoms. The first-order valence-electron chi connectivity index (χ1n) is 11.7. The maximum atomic E-state index is 12.6. The lowest BCUT2D eigenvalue weighted by atomic mass is 10.00. The van der Waals surface area contributed by atoms with E-state index in [9.17, 15) is 14.7 Å². The van der Waals surface area contributed by atoms with Crippen LogP contribution in [-0.2, 0) is 12.8 Å². The Hall–Kier alpha value is -2.61. The Morgan fingerprint density at radius 2 is 2.03 bits per heavy atom. The molecule has 1 atom stereocenters. The van der Waals surface area contributed by atoms with Crippen molar-refractivity contribution < 1.29 is 19.8 Å². The number of carboxylic acids is 1. The number of hydrogen-bond donors (Lipinski definition) is 2. The number of nitrogens with zero attached hydrogens (tertiary/aromatic N) is 2. The molecular formula is C27H28N2O4S3. The molecule has 0 saturated carbocycles. The number of amides is 1. The van der Waals surface area contributed by atoms with Crippen LogP contribution >= 0.6 is 34.4 Å². The van der Waals surface area contributed by atoms with E-state index < -0.39 is 12.1 Å². The van der Waals surface area contributed by atoms with Crippen molar-refractivity contribution in [3.05, 3.63) is 79.2 Å². The van der Waals surface area contributed by atoms with Gasteiger partial charge in [0.15, 0.2) is 0 Å². The molecule has 6 nitrogen and oxygen atoms in total. The van der Waals surface area contributed by atoms with Crippen molar-refractivity contribution in [2.45, 2.75) is 32.3 Å². The first kappa shape index (κ1) is 26.5. The van der Waals surface area contributed by atoms with E-state index in [1.807, 2.05) is 47.0 Å². The summed E-state index contributed by atoms with van der Waals surface area (Å²) < 4.78 is 0. The van der Waals surface area contributed by atoms with Gasteiger partial charge in [-0.1, -0.05) is 35.7 Å². The number of benzene rings is 1. The first-order valence-corrected chi connectivity index (χ1v) is 14.5. The number of thioether (sulfide) groups is 1. The van der Waals surface area contributed by atoms with Gasteiger partial charge >= 0.3 is 5.97 Å². The minimum Gasteiger partial charge on any atom is -0.477 e.